The highest BCUT2D eigenvalue weighted by Gasteiger charge is 2.25. The van der Waals surface area contributed by atoms with E-state index in [2.05, 4.69) is 15.3 Å². The van der Waals surface area contributed by atoms with Crippen molar-refractivity contribution in [1.82, 2.24) is 9.97 Å². The van der Waals surface area contributed by atoms with E-state index in [1.54, 1.807) is 18.6 Å². The Bertz CT molecular complexity index is 288. The molecule has 1 heterocycles. The zero-order valence-electron chi connectivity index (χ0n) is 8.89. The Labute approximate surface area is 90.3 Å². The summed E-state index contributed by atoms with van der Waals surface area (Å²) in [6, 6.07) is 0. The molecule has 2 unspecified atom stereocenters. The molecule has 1 aliphatic carbocycles. The molecule has 3 N–H and O–H groups in total. The molecule has 15 heavy (non-hydrogen) atoms. The van der Waals surface area contributed by atoms with Crippen LogP contribution < -0.4 is 11.1 Å². The maximum atomic E-state index is 5.74. The standard InChI is InChI=1S/C11H18N4/c12-6-9-2-1-3-10(9)7-15-11-8-13-4-5-14-11/h4-5,8-10H,1-3,6-7,12H2,(H,14,15). The Morgan fingerprint density at radius 3 is 2.93 bits per heavy atom. The first-order valence-corrected chi connectivity index (χ1v) is 5.60. The van der Waals surface area contributed by atoms with Gasteiger partial charge in [-0.25, -0.2) is 4.98 Å². The summed E-state index contributed by atoms with van der Waals surface area (Å²) in [7, 11) is 0. The van der Waals surface area contributed by atoms with Gasteiger partial charge in [0.25, 0.3) is 0 Å². The number of nitrogens with two attached hydrogens (primary N) is 1. The quantitative estimate of drug-likeness (QED) is 0.778. The van der Waals surface area contributed by atoms with Gasteiger partial charge in [0.15, 0.2) is 0 Å². The maximum absolute atomic E-state index is 5.74. The molecule has 1 fully saturated rings. The smallest absolute Gasteiger partial charge is 0.144 e. The molecule has 0 radical (unpaired) electrons. The van der Waals surface area contributed by atoms with E-state index in [1.807, 2.05) is 0 Å². The van der Waals surface area contributed by atoms with Crippen LogP contribution in [0.4, 0.5) is 5.82 Å². The van der Waals surface area contributed by atoms with Crippen LogP contribution in [0.1, 0.15) is 19.3 Å². The molecule has 1 aromatic heterocycles. The molecule has 4 heteroatoms. The van der Waals surface area contributed by atoms with Gasteiger partial charge in [0.1, 0.15) is 5.82 Å². The van der Waals surface area contributed by atoms with E-state index in [9.17, 15) is 0 Å². The summed E-state index contributed by atoms with van der Waals surface area (Å²) in [6.07, 6.45) is 9.03. The molecule has 1 saturated carbocycles. The Morgan fingerprint density at radius 2 is 2.20 bits per heavy atom. The van der Waals surface area contributed by atoms with Gasteiger partial charge < -0.3 is 11.1 Å². The summed E-state index contributed by atoms with van der Waals surface area (Å²) in [5, 5.41) is 3.32. The average molecular weight is 206 g/mol. The molecule has 0 amide bonds. The number of anilines is 1. The van der Waals surface area contributed by atoms with Crippen LogP contribution in [0.3, 0.4) is 0 Å². The number of nitrogens with one attached hydrogen (secondary N) is 1. The topological polar surface area (TPSA) is 63.8 Å². The summed E-state index contributed by atoms with van der Waals surface area (Å²) in [4.78, 5) is 8.21. The van der Waals surface area contributed by atoms with Crippen molar-refractivity contribution in [2.45, 2.75) is 19.3 Å². The van der Waals surface area contributed by atoms with Crippen molar-refractivity contribution in [1.29, 1.82) is 0 Å². The van der Waals surface area contributed by atoms with Crippen LogP contribution in [0.15, 0.2) is 18.6 Å². The molecule has 1 aromatic rings. The second-order valence-electron chi connectivity index (χ2n) is 4.16. The first-order chi connectivity index (χ1) is 7.40. The predicted molar refractivity (Wildman–Crippen MR) is 60.4 cm³/mol. The van der Waals surface area contributed by atoms with Gasteiger partial charge in [-0.3, -0.25) is 4.98 Å². The zero-order valence-corrected chi connectivity index (χ0v) is 8.89. The van der Waals surface area contributed by atoms with Crippen LogP contribution >= 0.6 is 0 Å². The van der Waals surface area contributed by atoms with Crippen LogP contribution in [-0.4, -0.2) is 23.1 Å². The lowest BCUT2D eigenvalue weighted by Crippen LogP contribution is -2.24. The molecule has 2 atom stereocenters. The van der Waals surface area contributed by atoms with E-state index in [1.165, 1.54) is 19.3 Å². The molecule has 2 rings (SSSR count). The van der Waals surface area contributed by atoms with E-state index in [0.717, 1.165) is 18.9 Å². The van der Waals surface area contributed by atoms with Crippen molar-refractivity contribution in [3.05, 3.63) is 18.6 Å². The van der Waals surface area contributed by atoms with Gasteiger partial charge in [0.2, 0.25) is 0 Å². The third kappa shape index (κ3) is 2.65. The second-order valence-corrected chi connectivity index (χ2v) is 4.16. The monoisotopic (exact) mass is 206 g/mol. The van der Waals surface area contributed by atoms with Crippen molar-refractivity contribution in [3.63, 3.8) is 0 Å². The van der Waals surface area contributed by atoms with Gasteiger partial charge in [0, 0.05) is 18.9 Å². The number of nitrogens with zero attached hydrogens (tertiary/aromatic N) is 2. The lowest BCUT2D eigenvalue weighted by Gasteiger charge is -2.18. The van der Waals surface area contributed by atoms with Crippen LogP contribution in [0.2, 0.25) is 0 Å². The van der Waals surface area contributed by atoms with E-state index in [4.69, 9.17) is 5.73 Å². The van der Waals surface area contributed by atoms with Gasteiger partial charge in [0.05, 0.1) is 6.20 Å². The van der Waals surface area contributed by atoms with Crippen molar-refractivity contribution in [2.24, 2.45) is 17.6 Å². The van der Waals surface area contributed by atoms with Crippen molar-refractivity contribution < 1.29 is 0 Å². The predicted octanol–water partition coefficient (Wildman–Crippen LogP) is 1.26. The zero-order chi connectivity index (χ0) is 10.5. The molecule has 0 bridgehead atoms. The normalized spacial score (nSPS) is 25.4. The van der Waals surface area contributed by atoms with E-state index in [0.29, 0.717) is 11.8 Å². The summed E-state index contributed by atoms with van der Waals surface area (Å²) in [5.41, 5.74) is 5.74. The Morgan fingerprint density at radius 1 is 1.33 bits per heavy atom. The minimum absolute atomic E-state index is 0.689. The Balaban J connectivity index is 1.83. The van der Waals surface area contributed by atoms with Gasteiger partial charge in [-0.2, -0.15) is 0 Å². The first kappa shape index (κ1) is 10.4. The Kier molecular flexibility index (Phi) is 3.50. The molecular weight excluding hydrogens is 188 g/mol. The average Bonchev–Trinajstić information content (AvgIpc) is 2.75. The number of rotatable bonds is 4. The lowest BCUT2D eigenvalue weighted by atomic mass is 9.96. The minimum atomic E-state index is 0.689. The highest BCUT2D eigenvalue weighted by molar-refractivity contribution is 5.29. The number of hydrogen-bond donors (Lipinski definition) is 2. The SMILES string of the molecule is NCC1CCCC1CNc1cnccn1. The summed E-state index contributed by atoms with van der Waals surface area (Å²) in [5.74, 6) is 2.26. The van der Waals surface area contributed by atoms with E-state index >= 15 is 0 Å². The molecule has 0 aromatic carbocycles. The third-order valence-electron chi connectivity index (χ3n) is 3.23. The van der Waals surface area contributed by atoms with E-state index in [-0.39, 0.29) is 0 Å². The van der Waals surface area contributed by atoms with Gasteiger partial charge in [-0.05, 0) is 31.2 Å². The van der Waals surface area contributed by atoms with Crippen LogP contribution in [0, 0.1) is 11.8 Å². The maximum Gasteiger partial charge on any atom is 0.144 e. The third-order valence-corrected chi connectivity index (χ3v) is 3.23. The lowest BCUT2D eigenvalue weighted by molar-refractivity contribution is 0.414. The molecule has 1 aliphatic rings. The van der Waals surface area contributed by atoms with Crippen LogP contribution in [0.25, 0.3) is 0 Å². The number of hydrogen-bond acceptors (Lipinski definition) is 4. The highest BCUT2D eigenvalue weighted by Crippen LogP contribution is 2.30. The largest absolute Gasteiger partial charge is 0.369 e. The molecule has 0 saturated heterocycles. The second kappa shape index (κ2) is 5.07. The van der Waals surface area contributed by atoms with Gasteiger partial charge in [-0.1, -0.05) is 6.42 Å². The highest BCUT2D eigenvalue weighted by atomic mass is 15.0. The fourth-order valence-corrected chi connectivity index (χ4v) is 2.32. The fourth-order valence-electron chi connectivity index (χ4n) is 2.32. The van der Waals surface area contributed by atoms with Gasteiger partial charge >= 0.3 is 0 Å². The molecule has 4 nitrogen and oxygen atoms in total. The van der Waals surface area contributed by atoms with E-state index < -0.39 is 0 Å². The first-order valence-electron chi connectivity index (χ1n) is 5.60. The van der Waals surface area contributed by atoms with Crippen LogP contribution in [-0.2, 0) is 0 Å². The summed E-state index contributed by atoms with van der Waals surface area (Å²) in [6.45, 7) is 1.79. The molecule has 0 spiro atoms. The van der Waals surface area contributed by atoms with Crippen LogP contribution in [0.5, 0.6) is 0 Å². The summed E-state index contributed by atoms with van der Waals surface area (Å²) < 4.78 is 0. The molecular formula is C11H18N4. The van der Waals surface area contributed by atoms with Crippen molar-refractivity contribution in [2.75, 3.05) is 18.4 Å². The van der Waals surface area contributed by atoms with Crippen molar-refractivity contribution in [3.8, 4) is 0 Å². The molecule has 82 valence electrons. The molecule has 0 aliphatic heterocycles. The van der Waals surface area contributed by atoms with Gasteiger partial charge in [-0.15, -0.1) is 0 Å². The fraction of sp³-hybridized carbons (Fsp3) is 0.636. The Hall–Kier alpha value is -1.16. The van der Waals surface area contributed by atoms with Crippen molar-refractivity contribution >= 4 is 5.82 Å². The summed E-state index contributed by atoms with van der Waals surface area (Å²) >= 11 is 0. The number of aromatic nitrogens is 2. The minimum Gasteiger partial charge on any atom is -0.369 e.